The van der Waals surface area contributed by atoms with Crippen LogP contribution in [0, 0.1) is 13.8 Å². The maximum absolute atomic E-state index is 5.75. The van der Waals surface area contributed by atoms with Crippen molar-refractivity contribution in [3.8, 4) is 5.75 Å². The number of nitrogens with one attached hydrogen (secondary N) is 1. The van der Waals surface area contributed by atoms with E-state index >= 15 is 0 Å². The van der Waals surface area contributed by atoms with E-state index in [9.17, 15) is 0 Å². The summed E-state index contributed by atoms with van der Waals surface area (Å²) in [5.41, 5.74) is 7.12. The first kappa shape index (κ1) is 13.6. The molecule has 19 heavy (non-hydrogen) atoms. The fourth-order valence-corrected chi connectivity index (χ4v) is 2.38. The minimum Gasteiger partial charge on any atom is -0.497 e. The number of hydrogen-bond acceptors (Lipinski definition) is 4. The summed E-state index contributed by atoms with van der Waals surface area (Å²) < 4.78 is 7.13. The fourth-order valence-electron chi connectivity index (χ4n) is 2.38. The van der Waals surface area contributed by atoms with E-state index in [4.69, 9.17) is 10.6 Å². The topological polar surface area (TPSA) is 65.1 Å². The van der Waals surface area contributed by atoms with Gasteiger partial charge in [-0.2, -0.15) is 5.10 Å². The molecule has 0 aliphatic carbocycles. The predicted octanol–water partition coefficient (Wildman–Crippen LogP) is 1.60. The van der Waals surface area contributed by atoms with Gasteiger partial charge in [-0.1, -0.05) is 12.1 Å². The minimum atomic E-state index is -0.0937. The molecule has 1 atom stereocenters. The Hall–Kier alpha value is -1.85. The second-order valence-corrected chi connectivity index (χ2v) is 4.58. The highest BCUT2D eigenvalue weighted by molar-refractivity contribution is 5.40. The van der Waals surface area contributed by atoms with Crippen LogP contribution in [0.2, 0.25) is 0 Å². The molecule has 0 bridgehead atoms. The molecule has 1 aromatic heterocycles. The van der Waals surface area contributed by atoms with Crippen LogP contribution in [0.25, 0.3) is 0 Å². The summed E-state index contributed by atoms with van der Waals surface area (Å²) in [6.07, 6.45) is 0. The van der Waals surface area contributed by atoms with Crippen LogP contribution in [-0.4, -0.2) is 16.9 Å². The molecule has 5 nitrogen and oxygen atoms in total. The van der Waals surface area contributed by atoms with E-state index in [-0.39, 0.29) is 6.04 Å². The van der Waals surface area contributed by atoms with Gasteiger partial charge in [-0.05, 0) is 31.5 Å². The molecule has 1 aromatic carbocycles. The van der Waals surface area contributed by atoms with Crippen molar-refractivity contribution in [3.63, 3.8) is 0 Å². The molecule has 1 unspecified atom stereocenters. The van der Waals surface area contributed by atoms with Crippen LogP contribution in [0.4, 0.5) is 0 Å². The molecule has 0 aliphatic rings. The third kappa shape index (κ3) is 2.47. The number of aryl methyl sites for hydroxylation is 2. The Morgan fingerprint density at radius 2 is 2.11 bits per heavy atom. The average Bonchev–Trinajstić information content (AvgIpc) is 2.66. The standard InChI is InChI=1S/C14H20N4O/c1-9-13(10(2)18(3)17-9)14(16-15)11-6-5-7-12(8-11)19-4/h5-8,14,16H,15H2,1-4H3. The molecule has 0 saturated carbocycles. The molecule has 0 amide bonds. The molecule has 102 valence electrons. The van der Waals surface area contributed by atoms with Crippen LogP contribution in [0.5, 0.6) is 5.75 Å². The van der Waals surface area contributed by atoms with Gasteiger partial charge in [0.1, 0.15) is 5.75 Å². The Morgan fingerprint density at radius 1 is 1.37 bits per heavy atom. The van der Waals surface area contributed by atoms with E-state index in [0.717, 1.165) is 28.3 Å². The Kier molecular flexibility index (Phi) is 3.87. The van der Waals surface area contributed by atoms with Gasteiger partial charge in [0.15, 0.2) is 0 Å². The molecule has 0 aliphatic heterocycles. The largest absolute Gasteiger partial charge is 0.497 e. The number of rotatable bonds is 4. The molecule has 1 heterocycles. The summed E-state index contributed by atoms with van der Waals surface area (Å²) >= 11 is 0. The quantitative estimate of drug-likeness (QED) is 0.647. The zero-order valence-corrected chi connectivity index (χ0v) is 11.8. The first-order valence-corrected chi connectivity index (χ1v) is 6.18. The minimum absolute atomic E-state index is 0.0937. The first-order chi connectivity index (χ1) is 9.08. The van der Waals surface area contributed by atoms with E-state index in [1.165, 1.54) is 0 Å². The highest BCUT2D eigenvalue weighted by Gasteiger charge is 2.21. The van der Waals surface area contributed by atoms with Crippen LogP contribution in [0.15, 0.2) is 24.3 Å². The molecule has 0 spiro atoms. The normalized spacial score (nSPS) is 12.5. The van der Waals surface area contributed by atoms with Crippen LogP contribution < -0.4 is 16.0 Å². The van der Waals surface area contributed by atoms with Gasteiger partial charge in [0.05, 0.1) is 18.8 Å². The Morgan fingerprint density at radius 3 is 2.63 bits per heavy atom. The Labute approximate surface area is 113 Å². The summed E-state index contributed by atoms with van der Waals surface area (Å²) in [5.74, 6) is 6.56. The molecular weight excluding hydrogens is 240 g/mol. The van der Waals surface area contributed by atoms with Crippen LogP contribution >= 0.6 is 0 Å². The molecule has 3 N–H and O–H groups in total. The summed E-state index contributed by atoms with van der Waals surface area (Å²) in [5, 5.41) is 4.44. The predicted molar refractivity (Wildman–Crippen MR) is 74.8 cm³/mol. The van der Waals surface area contributed by atoms with Gasteiger partial charge in [-0.15, -0.1) is 0 Å². The Balaban J connectivity index is 2.49. The number of hydrogen-bond donors (Lipinski definition) is 2. The van der Waals surface area contributed by atoms with Gasteiger partial charge in [0.25, 0.3) is 0 Å². The SMILES string of the molecule is COc1cccc(C(NN)c2c(C)nn(C)c2C)c1. The fraction of sp³-hybridized carbons (Fsp3) is 0.357. The monoisotopic (exact) mass is 260 g/mol. The third-order valence-corrected chi connectivity index (χ3v) is 3.45. The zero-order chi connectivity index (χ0) is 14.0. The summed E-state index contributed by atoms with van der Waals surface area (Å²) in [7, 11) is 3.59. The van der Waals surface area contributed by atoms with Crippen molar-refractivity contribution in [1.29, 1.82) is 0 Å². The van der Waals surface area contributed by atoms with Gasteiger partial charge >= 0.3 is 0 Å². The van der Waals surface area contributed by atoms with Gasteiger partial charge < -0.3 is 4.74 Å². The van der Waals surface area contributed by atoms with Gasteiger partial charge in [0.2, 0.25) is 0 Å². The third-order valence-electron chi connectivity index (χ3n) is 3.45. The van der Waals surface area contributed by atoms with Crippen molar-refractivity contribution in [2.45, 2.75) is 19.9 Å². The Bertz CT molecular complexity index is 577. The lowest BCUT2D eigenvalue weighted by Crippen LogP contribution is -2.29. The smallest absolute Gasteiger partial charge is 0.119 e. The lowest BCUT2D eigenvalue weighted by Gasteiger charge is -2.18. The van der Waals surface area contributed by atoms with Crippen molar-refractivity contribution in [3.05, 3.63) is 46.8 Å². The van der Waals surface area contributed by atoms with Crippen molar-refractivity contribution in [2.75, 3.05) is 7.11 Å². The van der Waals surface area contributed by atoms with E-state index in [0.29, 0.717) is 0 Å². The highest BCUT2D eigenvalue weighted by Crippen LogP contribution is 2.28. The highest BCUT2D eigenvalue weighted by atomic mass is 16.5. The van der Waals surface area contributed by atoms with Crippen LogP contribution in [-0.2, 0) is 7.05 Å². The van der Waals surface area contributed by atoms with Crippen molar-refractivity contribution in [2.24, 2.45) is 12.9 Å². The lowest BCUT2D eigenvalue weighted by atomic mass is 9.97. The second kappa shape index (κ2) is 5.42. The van der Waals surface area contributed by atoms with E-state index < -0.39 is 0 Å². The van der Waals surface area contributed by atoms with E-state index in [1.807, 2.05) is 49.8 Å². The molecular formula is C14H20N4O. The zero-order valence-electron chi connectivity index (χ0n) is 11.8. The molecule has 2 aromatic rings. The molecule has 0 radical (unpaired) electrons. The number of methoxy groups -OCH3 is 1. The number of hydrazine groups is 1. The average molecular weight is 260 g/mol. The van der Waals surface area contributed by atoms with Gasteiger partial charge in [-0.25, -0.2) is 5.43 Å². The van der Waals surface area contributed by atoms with Crippen LogP contribution in [0.1, 0.15) is 28.6 Å². The van der Waals surface area contributed by atoms with E-state index in [2.05, 4.69) is 10.5 Å². The number of aromatic nitrogens is 2. The summed E-state index contributed by atoms with van der Waals surface area (Å²) in [6.45, 7) is 4.03. The van der Waals surface area contributed by atoms with Crippen molar-refractivity contribution < 1.29 is 4.74 Å². The van der Waals surface area contributed by atoms with E-state index in [1.54, 1.807) is 7.11 Å². The van der Waals surface area contributed by atoms with Gasteiger partial charge in [0, 0.05) is 18.3 Å². The van der Waals surface area contributed by atoms with Crippen LogP contribution in [0.3, 0.4) is 0 Å². The molecule has 0 fully saturated rings. The maximum Gasteiger partial charge on any atom is 0.119 e. The number of benzene rings is 1. The summed E-state index contributed by atoms with van der Waals surface area (Å²) in [4.78, 5) is 0. The molecule has 2 rings (SSSR count). The maximum atomic E-state index is 5.75. The van der Waals surface area contributed by atoms with Crippen molar-refractivity contribution in [1.82, 2.24) is 15.2 Å². The number of nitrogens with two attached hydrogens (primary N) is 1. The number of nitrogens with zero attached hydrogens (tertiary/aromatic N) is 2. The molecule has 0 saturated heterocycles. The van der Waals surface area contributed by atoms with Crippen molar-refractivity contribution >= 4 is 0 Å². The second-order valence-electron chi connectivity index (χ2n) is 4.58. The lowest BCUT2D eigenvalue weighted by molar-refractivity contribution is 0.413. The first-order valence-electron chi connectivity index (χ1n) is 6.18. The van der Waals surface area contributed by atoms with Gasteiger partial charge in [-0.3, -0.25) is 10.5 Å². The molecule has 5 heteroatoms. The number of ether oxygens (including phenoxy) is 1. The summed E-state index contributed by atoms with van der Waals surface area (Å²) in [6, 6.07) is 7.79.